The molecule has 0 spiro atoms. The maximum Gasteiger partial charge on any atom is 0.124 e. The summed E-state index contributed by atoms with van der Waals surface area (Å²) >= 11 is 6.19. The van der Waals surface area contributed by atoms with Gasteiger partial charge in [0.1, 0.15) is 5.84 Å². The summed E-state index contributed by atoms with van der Waals surface area (Å²) in [5.74, 6) is -0.0186. The summed E-state index contributed by atoms with van der Waals surface area (Å²) in [4.78, 5) is 6.70. The highest BCUT2D eigenvalue weighted by molar-refractivity contribution is 6.34. The van der Waals surface area contributed by atoms with Crippen molar-refractivity contribution in [2.75, 3.05) is 11.4 Å². The number of aromatic nitrogens is 1. The van der Waals surface area contributed by atoms with Gasteiger partial charge in [0.05, 0.1) is 17.3 Å². The van der Waals surface area contributed by atoms with Gasteiger partial charge >= 0.3 is 0 Å². The van der Waals surface area contributed by atoms with Crippen molar-refractivity contribution in [1.29, 1.82) is 5.41 Å². The molecular formula is C16H19ClN4. The topological polar surface area (TPSA) is 66.0 Å². The normalized spacial score (nSPS) is 10.4. The molecule has 0 bridgehead atoms. The number of nitrogens with zero attached hydrogens (tertiary/aromatic N) is 2. The van der Waals surface area contributed by atoms with E-state index in [1.807, 2.05) is 37.3 Å². The Kier molecular flexibility index (Phi) is 4.81. The van der Waals surface area contributed by atoms with Crippen molar-refractivity contribution in [3.8, 4) is 0 Å². The average molecular weight is 303 g/mol. The minimum atomic E-state index is -0.0186. The van der Waals surface area contributed by atoms with Crippen LogP contribution in [-0.2, 0) is 6.54 Å². The minimum absolute atomic E-state index is 0.0186. The van der Waals surface area contributed by atoms with Gasteiger partial charge in [0.15, 0.2) is 0 Å². The van der Waals surface area contributed by atoms with E-state index in [1.165, 1.54) is 0 Å². The number of amidine groups is 1. The number of hydrogen-bond acceptors (Lipinski definition) is 3. The largest absolute Gasteiger partial charge is 0.384 e. The second-order valence-corrected chi connectivity index (χ2v) is 5.27. The van der Waals surface area contributed by atoms with Gasteiger partial charge in [-0.15, -0.1) is 0 Å². The Morgan fingerprint density at radius 1 is 1.33 bits per heavy atom. The third-order valence-corrected chi connectivity index (χ3v) is 3.60. The molecule has 4 nitrogen and oxygen atoms in total. The Hall–Kier alpha value is -2.07. The molecule has 0 saturated carbocycles. The highest BCUT2D eigenvalue weighted by atomic mass is 35.5. The summed E-state index contributed by atoms with van der Waals surface area (Å²) in [5, 5.41) is 7.97. The fourth-order valence-corrected chi connectivity index (χ4v) is 2.46. The first-order valence-corrected chi connectivity index (χ1v) is 7.20. The Labute approximate surface area is 130 Å². The zero-order valence-corrected chi connectivity index (χ0v) is 13.0. The molecule has 110 valence electrons. The molecule has 0 saturated heterocycles. The van der Waals surface area contributed by atoms with E-state index in [0.717, 1.165) is 23.6 Å². The molecule has 2 rings (SSSR count). The summed E-state index contributed by atoms with van der Waals surface area (Å²) in [7, 11) is 0. The van der Waals surface area contributed by atoms with Crippen molar-refractivity contribution in [2.24, 2.45) is 5.73 Å². The molecule has 1 aromatic heterocycles. The lowest BCUT2D eigenvalue weighted by atomic mass is 10.1. The maximum atomic E-state index is 7.47. The van der Waals surface area contributed by atoms with E-state index >= 15 is 0 Å². The summed E-state index contributed by atoms with van der Waals surface area (Å²) in [5.41, 5.74) is 9.07. The SMILES string of the molecule is CCN(Cc1cccc(C)n1)c1ccc(C(=N)N)c(Cl)c1. The second-order valence-electron chi connectivity index (χ2n) is 4.86. The number of nitrogen functional groups attached to an aromatic ring is 1. The predicted octanol–water partition coefficient (Wildman–Crippen LogP) is 3.35. The van der Waals surface area contributed by atoms with Gasteiger partial charge < -0.3 is 10.6 Å². The predicted molar refractivity (Wildman–Crippen MR) is 88.2 cm³/mol. The van der Waals surface area contributed by atoms with Crippen LogP contribution < -0.4 is 10.6 Å². The van der Waals surface area contributed by atoms with E-state index in [0.29, 0.717) is 17.1 Å². The summed E-state index contributed by atoms with van der Waals surface area (Å²) in [6, 6.07) is 11.6. The van der Waals surface area contributed by atoms with Crippen molar-refractivity contribution < 1.29 is 0 Å². The van der Waals surface area contributed by atoms with Crippen LogP contribution in [0.25, 0.3) is 0 Å². The molecular weight excluding hydrogens is 284 g/mol. The summed E-state index contributed by atoms with van der Waals surface area (Å²) in [6.45, 7) is 5.63. The average Bonchev–Trinajstić information content (AvgIpc) is 2.44. The number of hydrogen-bond donors (Lipinski definition) is 2. The summed E-state index contributed by atoms with van der Waals surface area (Å²) < 4.78 is 0. The smallest absolute Gasteiger partial charge is 0.124 e. The van der Waals surface area contributed by atoms with Crippen LogP contribution in [0.15, 0.2) is 36.4 Å². The first-order chi connectivity index (χ1) is 10.0. The van der Waals surface area contributed by atoms with Gasteiger partial charge in [-0.2, -0.15) is 0 Å². The Balaban J connectivity index is 2.25. The van der Waals surface area contributed by atoms with Crippen molar-refractivity contribution >= 4 is 23.1 Å². The molecule has 0 fully saturated rings. The highest BCUT2D eigenvalue weighted by Crippen LogP contribution is 2.24. The lowest BCUT2D eigenvalue weighted by Crippen LogP contribution is -2.23. The molecule has 21 heavy (non-hydrogen) atoms. The molecule has 0 atom stereocenters. The van der Waals surface area contributed by atoms with Crippen LogP contribution in [-0.4, -0.2) is 17.4 Å². The van der Waals surface area contributed by atoms with Crippen molar-refractivity contribution in [2.45, 2.75) is 20.4 Å². The van der Waals surface area contributed by atoms with Crippen LogP contribution >= 0.6 is 11.6 Å². The Morgan fingerprint density at radius 2 is 2.10 bits per heavy atom. The van der Waals surface area contributed by atoms with Crippen LogP contribution in [0, 0.1) is 12.3 Å². The van der Waals surface area contributed by atoms with Crippen LogP contribution in [0.1, 0.15) is 23.9 Å². The lowest BCUT2D eigenvalue weighted by molar-refractivity contribution is 0.806. The van der Waals surface area contributed by atoms with Crippen LogP contribution in [0.2, 0.25) is 5.02 Å². The zero-order valence-electron chi connectivity index (χ0n) is 12.2. The van der Waals surface area contributed by atoms with Gasteiger partial charge in [-0.1, -0.05) is 17.7 Å². The highest BCUT2D eigenvalue weighted by Gasteiger charge is 2.10. The molecule has 0 aliphatic carbocycles. The Bertz CT molecular complexity index is 654. The summed E-state index contributed by atoms with van der Waals surface area (Å²) in [6.07, 6.45) is 0. The van der Waals surface area contributed by atoms with E-state index in [-0.39, 0.29) is 5.84 Å². The number of anilines is 1. The molecule has 5 heteroatoms. The van der Waals surface area contributed by atoms with Crippen LogP contribution in [0.3, 0.4) is 0 Å². The van der Waals surface area contributed by atoms with E-state index < -0.39 is 0 Å². The molecule has 0 aliphatic heterocycles. The van der Waals surface area contributed by atoms with Gasteiger partial charge in [-0.05, 0) is 44.2 Å². The molecule has 1 aromatic carbocycles. The van der Waals surface area contributed by atoms with Crippen molar-refractivity contribution in [3.05, 3.63) is 58.4 Å². The molecule has 0 unspecified atom stereocenters. The monoisotopic (exact) mass is 302 g/mol. The molecule has 0 amide bonds. The van der Waals surface area contributed by atoms with Gasteiger partial charge in [0.25, 0.3) is 0 Å². The quantitative estimate of drug-likeness (QED) is 0.657. The van der Waals surface area contributed by atoms with Gasteiger partial charge in [0, 0.05) is 23.5 Å². The minimum Gasteiger partial charge on any atom is -0.384 e. The number of nitrogens with one attached hydrogen (secondary N) is 1. The van der Waals surface area contributed by atoms with E-state index in [4.69, 9.17) is 22.7 Å². The molecule has 3 N–H and O–H groups in total. The third-order valence-electron chi connectivity index (χ3n) is 3.29. The third kappa shape index (κ3) is 3.73. The molecule has 2 aromatic rings. The lowest BCUT2D eigenvalue weighted by Gasteiger charge is -2.23. The molecule has 1 heterocycles. The zero-order chi connectivity index (χ0) is 15.4. The van der Waals surface area contributed by atoms with Gasteiger partial charge in [-0.25, -0.2) is 0 Å². The number of aryl methyl sites for hydroxylation is 1. The first-order valence-electron chi connectivity index (χ1n) is 6.82. The van der Waals surface area contributed by atoms with E-state index in [2.05, 4.69) is 16.8 Å². The Morgan fingerprint density at radius 3 is 2.67 bits per heavy atom. The van der Waals surface area contributed by atoms with Crippen LogP contribution in [0.4, 0.5) is 5.69 Å². The fourth-order valence-electron chi connectivity index (χ4n) is 2.19. The van der Waals surface area contributed by atoms with Crippen molar-refractivity contribution in [1.82, 2.24) is 4.98 Å². The molecule has 0 aliphatic rings. The fraction of sp³-hybridized carbons (Fsp3) is 0.250. The van der Waals surface area contributed by atoms with Crippen LogP contribution in [0.5, 0.6) is 0 Å². The van der Waals surface area contributed by atoms with Gasteiger partial charge in [-0.3, -0.25) is 10.4 Å². The number of benzene rings is 1. The van der Waals surface area contributed by atoms with Crippen molar-refractivity contribution in [3.63, 3.8) is 0 Å². The number of nitrogens with two attached hydrogens (primary N) is 1. The first kappa shape index (κ1) is 15.3. The molecule has 0 radical (unpaired) electrons. The maximum absolute atomic E-state index is 7.47. The number of halogens is 1. The van der Waals surface area contributed by atoms with Gasteiger partial charge in [0.2, 0.25) is 0 Å². The standard InChI is InChI=1S/C16H19ClN4/c1-3-21(10-12-6-4-5-11(2)20-12)13-7-8-14(16(18)19)15(17)9-13/h4-9H,3,10H2,1-2H3,(H3,18,19). The number of rotatable bonds is 5. The van der Waals surface area contributed by atoms with E-state index in [9.17, 15) is 0 Å². The number of pyridine rings is 1. The second kappa shape index (κ2) is 6.59. The van der Waals surface area contributed by atoms with E-state index in [1.54, 1.807) is 6.07 Å².